The van der Waals surface area contributed by atoms with Crippen molar-refractivity contribution in [3.05, 3.63) is 18.5 Å². The van der Waals surface area contributed by atoms with E-state index in [1.165, 1.54) is 0 Å². The van der Waals surface area contributed by atoms with Crippen LogP contribution < -0.4 is 0 Å². The molecule has 1 fully saturated rings. The van der Waals surface area contributed by atoms with E-state index in [4.69, 9.17) is 4.74 Å². The van der Waals surface area contributed by atoms with Gasteiger partial charge in [0.25, 0.3) is 0 Å². The van der Waals surface area contributed by atoms with Crippen molar-refractivity contribution in [3.63, 3.8) is 0 Å². The summed E-state index contributed by atoms with van der Waals surface area (Å²) < 4.78 is 33.9. The fraction of sp³-hybridized carbons (Fsp3) is 0.786. The fourth-order valence-corrected chi connectivity index (χ4v) is 4.11. The van der Waals surface area contributed by atoms with E-state index in [2.05, 4.69) is 25.9 Å². The molecule has 6 nitrogen and oxygen atoms in total. The lowest BCUT2D eigenvalue weighted by molar-refractivity contribution is -0.0120. The second kappa shape index (κ2) is 6.46. The zero-order chi connectivity index (χ0) is 15.5. The first-order valence-electron chi connectivity index (χ1n) is 7.33. The van der Waals surface area contributed by atoms with Gasteiger partial charge in [-0.25, -0.2) is 8.42 Å². The summed E-state index contributed by atoms with van der Waals surface area (Å²) >= 11 is 0. The second-order valence-electron chi connectivity index (χ2n) is 6.71. The van der Waals surface area contributed by atoms with Crippen molar-refractivity contribution in [2.75, 3.05) is 25.4 Å². The molecule has 7 heteroatoms. The molecule has 1 aliphatic heterocycles. The van der Waals surface area contributed by atoms with Crippen molar-refractivity contribution in [1.82, 2.24) is 14.1 Å². The van der Waals surface area contributed by atoms with Gasteiger partial charge in [-0.05, 0) is 17.9 Å². The highest BCUT2D eigenvalue weighted by Crippen LogP contribution is 2.21. The summed E-state index contributed by atoms with van der Waals surface area (Å²) in [6.45, 7) is 8.06. The predicted octanol–water partition coefficient (Wildman–Crippen LogP) is 1.35. The highest BCUT2D eigenvalue weighted by atomic mass is 32.2. The van der Waals surface area contributed by atoms with Gasteiger partial charge in [-0.3, -0.25) is 4.68 Å². The lowest BCUT2D eigenvalue weighted by Crippen LogP contribution is -2.48. The van der Waals surface area contributed by atoms with Crippen LogP contribution >= 0.6 is 0 Å². The van der Waals surface area contributed by atoms with Crippen LogP contribution in [0.25, 0.3) is 0 Å². The van der Waals surface area contributed by atoms with E-state index < -0.39 is 10.0 Å². The van der Waals surface area contributed by atoms with Crippen LogP contribution in [0.3, 0.4) is 0 Å². The maximum Gasteiger partial charge on any atom is 0.214 e. The third kappa shape index (κ3) is 5.09. The Balaban J connectivity index is 1.93. The third-order valence-electron chi connectivity index (χ3n) is 3.55. The number of hydrogen-bond acceptors (Lipinski definition) is 4. The number of sulfonamides is 1. The summed E-state index contributed by atoms with van der Waals surface area (Å²) in [7, 11) is -3.20. The molecule has 2 rings (SSSR count). The molecule has 2 heterocycles. The summed E-state index contributed by atoms with van der Waals surface area (Å²) in [6.07, 6.45) is 4.09. The highest BCUT2D eigenvalue weighted by Gasteiger charge is 2.30. The standard InChI is InChI=1S/C14H25N3O3S/c1-14(2,3)5-10-21(18,19)17-8-9-20-13(12-17)11-16-7-4-6-15-16/h4,6-7,13H,5,8-12H2,1-3H3. The number of hydrogen-bond donors (Lipinski definition) is 0. The minimum absolute atomic E-state index is 0.0216. The number of nitrogens with zero attached hydrogens (tertiary/aromatic N) is 3. The van der Waals surface area contributed by atoms with Crippen molar-refractivity contribution in [2.45, 2.75) is 39.8 Å². The minimum Gasteiger partial charge on any atom is -0.374 e. The Hall–Kier alpha value is -0.920. The van der Waals surface area contributed by atoms with Gasteiger partial charge in [0.05, 0.1) is 25.0 Å². The smallest absolute Gasteiger partial charge is 0.214 e. The first-order valence-corrected chi connectivity index (χ1v) is 8.94. The molecule has 1 saturated heterocycles. The molecule has 1 atom stereocenters. The van der Waals surface area contributed by atoms with E-state index >= 15 is 0 Å². The molecule has 0 bridgehead atoms. The van der Waals surface area contributed by atoms with Gasteiger partial charge in [0, 0.05) is 25.5 Å². The van der Waals surface area contributed by atoms with Crippen LogP contribution in [0.4, 0.5) is 0 Å². The lowest BCUT2D eigenvalue weighted by Gasteiger charge is -2.32. The Morgan fingerprint density at radius 2 is 2.14 bits per heavy atom. The van der Waals surface area contributed by atoms with E-state index in [1.54, 1.807) is 15.2 Å². The van der Waals surface area contributed by atoms with E-state index in [0.717, 1.165) is 0 Å². The summed E-state index contributed by atoms with van der Waals surface area (Å²) in [5.41, 5.74) is 0.0216. The van der Waals surface area contributed by atoms with E-state index in [0.29, 0.717) is 32.7 Å². The monoisotopic (exact) mass is 315 g/mol. The SMILES string of the molecule is CC(C)(C)CCS(=O)(=O)N1CCOC(Cn2cccn2)C1. The number of ether oxygens (including phenoxy) is 1. The van der Waals surface area contributed by atoms with Crippen molar-refractivity contribution >= 4 is 10.0 Å². The first-order chi connectivity index (χ1) is 9.76. The van der Waals surface area contributed by atoms with E-state index in [1.807, 2.05) is 12.3 Å². The molecular formula is C14H25N3O3S. The summed E-state index contributed by atoms with van der Waals surface area (Å²) in [5.74, 6) is 0.199. The number of morpholine rings is 1. The Labute approximate surface area is 127 Å². The second-order valence-corrected chi connectivity index (χ2v) is 8.79. The van der Waals surface area contributed by atoms with E-state index in [-0.39, 0.29) is 17.3 Å². The maximum absolute atomic E-state index is 12.4. The van der Waals surface area contributed by atoms with Crippen molar-refractivity contribution in [3.8, 4) is 0 Å². The van der Waals surface area contributed by atoms with Gasteiger partial charge in [0.2, 0.25) is 10.0 Å². The highest BCUT2D eigenvalue weighted by molar-refractivity contribution is 7.89. The topological polar surface area (TPSA) is 64.4 Å². The number of rotatable bonds is 5. The third-order valence-corrected chi connectivity index (χ3v) is 5.39. The van der Waals surface area contributed by atoms with Crippen LogP contribution in [0.2, 0.25) is 0 Å². The Morgan fingerprint density at radius 3 is 2.76 bits per heavy atom. The van der Waals surface area contributed by atoms with Gasteiger partial charge in [-0.1, -0.05) is 20.8 Å². The molecule has 1 unspecified atom stereocenters. The molecule has 0 radical (unpaired) electrons. The Bertz CT molecular complexity index is 534. The number of aromatic nitrogens is 2. The molecule has 0 aromatic carbocycles. The van der Waals surface area contributed by atoms with Crippen molar-refractivity contribution in [2.24, 2.45) is 5.41 Å². The molecule has 1 aromatic heterocycles. The van der Waals surface area contributed by atoms with Gasteiger partial charge in [-0.2, -0.15) is 9.40 Å². The molecular weight excluding hydrogens is 290 g/mol. The quantitative estimate of drug-likeness (QED) is 0.823. The van der Waals surface area contributed by atoms with Crippen LogP contribution in [-0.4, -0.2) is 54.1 Å². The molecule has 0 spiro atoms. The average Bonchev–Trinajstić information content (AvgIpc) is 2.89. The van der Waals surface area contributed by atoms with E-state index in [9.17, 15) is 8.42 Å². The molecule has 120 valence electrons. The summed E-state index contributed by atoms with van der Waals surface area (Å²) in [4.78, 5) is 0. The van der Waals surface area contributed by atoms with Gasteiger partial charge in [-0.15, -0.1) is 0 Å². The molecule has 21 heavy (non-hydrogen) atoms. The summed E-state index contributed by atoms with van der Waals surface area (Å²) in [5, 5.41) is 4.13. The average molecular weight is 315 g/mol. The van der Waals surface area contributed by atoms with Gasteiger partial charge < -0.3 is 4.74 Å². The largest absolute Gasteiger partial charge is 0.374 e. The van der Waals surface area contributed by atoms with Gasteiger partial charge in [0.1, 0.15) is 0 Å². The van der Waals surface area contributed by atoms with Gasteiger partial charge >= 0.3 is 0 Å². The molecule has 0 aliphatic carbocycles. The van der Waals surface area contributed by atoms with Crippen molar-refractivity contribution in [1.29, 1.82) is 0 Å². The normalized spacial score (nSPS) is 21.6. The molecule has 0 N–H and O–H groups in total. The predicted molar refractivity (Wildman–Crippen MR) is 81.4 cm³/mol. The van der Waals surface area contributed by atoms with Crippen LogP contribution in [-0.2, 0) is 21.3 Å². The van der Waals surface area contributed by atoms with Crippen LogP contribution in [0.15, 0.2) is 18.5 Å². The van der Waals surface area contributed by atoms with Gasteiger partial charge in [0.15, 0.2) is 0 Å². The Kier molecular flexibility index (Phi) is 5.06. The minimum atomic E-state index is -3.20. The zero-order valence-corrected chi connectivity index (χ0v) is 13.8. The molecule has 0 amide bonds. The van der Waals surface area contributed by atoms with Crippen LogP contribution in [0, 0.1) is 5.41 Å². The van der Waals surface area contributed by atoms with Crippen LogP contribution in [0.1, 0.15) is 27.2 Å². The lowest BCUT2D eigenvalue weighted by atomic mass is 9.94. The molecule has 1 aliphatic rings. The fourth-order valence-electron chi connectivity index (χ4n) is 2.24. The Morgan fingerprint density at radius 1 is 1.38 bits per heavy atom. The van der Waals surface area contributed by atoms with Crippen molar-refractivity contribution < 1.29 is 13.2 Å². The zero-order valence-electron chi connectivity index (χ0n) is 13.0. The van der Waals surface area contributed by atoms with Crippen LogP contribution in [0.5, 0.6) is 0 Å². The molecule has 1 aromatic rings. The summed E-state index contributed by atoms with van der Waals surface area (Å²) in [6, 6.07) is 1.85. The molecule has 0 saturated carbocycles. The first kappa shape index (κ1) is 16.5. The maximum atomic E-state index is 12.4.